The molecular weight excluding hydrogens is 220 g/mol. The highest BCUT2D eigenvalue weighted by Gasteiger charge is 2.14. The Bertz CT molecular complexity index is 354. The van der Waals surface area contributed by atoms with Crippen molar-refractivity contribution in [3.8, 4) is 0 Å². The minimum atomic E-state index is -0.238. The fraction of sp³-hybridized carbons (Fsp3) is 0.667. The van der Waals surface area contributed by atoms with Crippen molar-refractivity contribution in [3.63, 3.8) is 0 Å². The van der Waals surface area contributed by atoms with Gasteiger partial charge in [-0.25, -0.2) is 4.98 Å². The summed E-state index contributed by atoms with van der Waals surface area (Å²) < 4.78 is 10.2. The van der Waals surface area contributed by atoms with Crippen molar-refractivity contribution in [2.45, 2.75) is 33.7 Å². The van der Waals surface area contributed by atoms with Gasteiger partial charge in [0.15, 0.2) is 0 Å². The average molecular weight is 240 g/mol. The summed E-state index contributed by atoms with van der Waals surface area (Å²) >= 11 is 0. The van der Waals surface area contributed by atoms with Crippen molar-refractivity contribution in [1.29, 1.82) is 0 Å². The van der Waals surface area contributed by atoms with Gasteiger partial charge in [0.2, 0.25) is 5.89 Å². The molecule has 0 N–H and O–H groups in total. The van der Waals surface area contributed by atoms with Crippen LogP contribution in [0.2, 0.25) is 0 Å². The zero-order valence-corrected chi connectivity index (χ0v) is 10.9. The lowest BCUT2D eigenvalue weighted by atomic mass is 10.4. The molecule has 1 aromatic rings. The van der Waals surface area contributed by atoms with Gasteiger partial charge in [-0.2, -0.15) is 0 Å². The minimum Gasteiger partial charge on any atom is -0.468 e. The monoisotopic (exact) mass is 240 g/mol. The van der Waals surface area contributed by atoms with E-state index in [9.17, 15) is 4.79 Å². The molecule has 0 fully saturated rings. The van der Waals surface area contributed by atoms with E-state index in [0.29, 0.717) is 12.4 Å². The third kappa shape index (κ3) is 4.19. The fourth-order valence-electron chi connectivity index (χ4n) is 1.58. The Morgan fingerprint density at radius 1 is 1.47 bits per heavy atom. The van der Waals surface area contributed by atoms with E-state index < -0.39 is 0 Å². The number of nitrogens with zero attached hydrogens (tertiary/aromatic N) is 2. The molecule has 0 amide bonds. The van der Waals surface area contributed by atoms with E-state index in [4.69, 9.17) is 4.42 Å². The summed E-state index contributed by atoms with van der Waals surface area (Å²) in [5, 5.41) is 0. The summed E-state index contributed by atoms with van der Waals surface area (Å²) in [6.45, 7) is 7.48. The smallest absolute Gasteiger partial charge is 0.319 e. The van der Waals surface area contributed by atoms with Gasteiger partial charge >= 0.3 is 5.97 Å². The molecule has 17 heavy (non-hydrogen) atoms. The summed E-state index contributed by atoms with van der Waals surface area (Å²) in [5.41, 5.74) is 0.898. The highest BCUT2D eigenvalue weighted by atomic mass is 16.5. The molecule has 0 spiro atoms. The van der Waals surface area contributed by atoms with Crippen LogP contribution in [-0.4, -0.2) is 36.1 Å². The van der Waals surface area contributed by atoms with Gasteiger partial charge in [-0.1, -0.05) is 6.92 Å². The van der Waals surface area contributed by atoms with Crippen molar-refractivity contribution >= 4 is 5.97 Å². The SMILES string of the molecule is CCCN(CC(=O)OC)Cc1nc(C)c(C)o1. The average Bonchev–Trinajstić information content (AvgIpc) is 2.58. The van der Waals surface area contributed by atoms with Gasteiger partial charge in [-0.05, 0) is 26.8 Å². The fourth-order valence-corrected chi connectivity index (χ4v) is 1.58. The number of carbonyl (C=O) groups excluding carboxylic acids is 1. The van der Waals surface area contributed by atoms with Crippen molar-refractivity contribution in [2.24, 2.45) is 0 Å². The third-order valence-electron chi connectivity index (χ3n) is 2.55. The topological polar surface area (TPSA) is 55.6 Å². The van der Waals surface area contributed by atoms with Gasteiger partial charge in [0, 0.05) is 0 Å². The Labute approximate surface area is 102 Å². The standard InChI is InChI=1S/C12H20N2O3/c1-5-6-14(8-12(15)16-4)7-11-13-9(2)10(3)17-11/h5-8H2,1-4H3. The van der Waals surface area contributed by atoms with Crippen molar-refractivity contribution in [2.75, 3.05) is 20.2 Å². The van der Waals surface area contributed by atoms with Crippen LogP contribution >= 0.6 is 0 Å². The number of carbonyl (C=O) groups is 1. The Morgan fingerprint density at radius 3 is 2.65 bits per heavy atom. The van der Waals surface area contributed by atoms with Gasteiger partial charge in [0.25, 0.3) is 0 Å². The second-order valence-corrected chi connectivity index (χ2v) is 4.04. The summed E-state index contributed by atoms with van der Waals surface area (Å²) in [7, 11) is 1.39. The van der Waals surface area contributed by atoms with Gasteiger partial charge in [-0.3, -0.25) is 9.69 Å². The molecule has 0 saturated carbocycles. The number of oxazole rings is 1. The number of rotatable bonds is 6. The summed E-state index contributed by atoms with van der Waals surface area (Å²) in [6.07, 6.45) is 0.968. The lowest BCUT2D eigenvalue weighted by Gasteiger charge is -2.17. The van der Waals surface area contributed by atoms with E-state index in [1.807, 2.05) is 18.7 Å². The number of hydrogen-bond donors (Lipinski definition) is 0. The van der Waals surface area contributed by atoms with Crippen LogP contribution in [0.15, 0.2) is 4.42 Å². The molecule has 5 heteroatoms. The van der Waals surface area contributed by atoms with Crippen molar-refractivity contribution in [3.05, 3.63) is 17.3 Å². The quantitative estimate of drug-likeness (QED) is 0.708. The highest BCUT2D eigenvalue weighted by Crippen LogP contribution is 2.10. The number of esters is 1. The van der Waals surface area contributed by atoms with E-state index in [2.05, 4.69) is 16.6 Å². The molecule has 0 aliphatic rings. The minimum absolute atomic E-state index is 0.238. The predicted molar refractivity (Wildman–Crippen MR) is 63.6 cm³/mol. The van der Waals surface area contributed by atoms with Gasteiger partial charge < -0.3 is 9.15 Å². The van der Waals surface area contributed by atoms with Crippen molar-refractivity contribution in [1.82, 2.24) is 9.88 Å². The molecule has 0 atom stereocenters. The molecule has 1 aromatic heterocycles. The molecule has 0 unspecified atom stereocenters. The molecule has 1 rings (SSSR count). The van der Waals surface area contributed by atoms with Crippen LogP contribution in [0.5, 0.6) is 0 Å². The first-order valence-electron chi connectivity index (χ1n) is 5.78. The lowest BCUT2D eigenvalue weighted by molar-refractivity contribution is -0.142. The van der Waals surface area contributed by atoms with Crippen LogP contribution in [0.25, 0.3) is 0 Å². The number of methoxy groups -OCH3 is 1. The molecule has 0 aliphatic carbocycles. The second-order valence-electron chi connectivity index (χ2n) is 4.04. The first-order valence-corrected chi connectivity index (χ1v) is 5.78. The molecule has 1 heterocycles. The predicted octanol–water partition coefficient (Wildman–Crippen LogP) is 1.68. The van der Waals surface area contributed by atoms with E-state index in [1.165, 1.54) is 7.11 Å². The zero-order valence-electron chi connectivity index (χ0n) is 10.9. The van der Waals surface area contributed by atoms with Gasteiger partial charge in [0.05, 0.1) is 25.9 Å². The van der Waals surface area contributed by atoms with E-state index in [0.717, 1.165) is 24.4 Å². The second kappa shape index (κ2) is 6.39. The normalized spacial score (nSPS) is 10.9. The molecule has 96 valence electrons. The highest BCUT2D eigenvalue weighted by molar-refractivity contribution is 5.71. The van der Waals surface area contributed by atoms with Crippen LogP contribution < -0.4 is 0 Å². The number of aromatic nitrogens is 1. The van der Waals surface area contributed by atoms with Crippen LogP contribution in [0, 0.1) is 13.8 Å². The Morgan fingerprint density at radius 2 is 2.18 bits per heavy atom. The first-order chi connectivity index (χ1) is 8.06. The van der Waals surface area contributed by atoms with Crippen LogP contribution in [0.4, 0.5) is 0 Å². The largest absolute Gasteiger partial charge is 0.468 e. The molecule has 5 nitrogen and oxygen atoms in total. The maximum atomic E-state index is 11.2. The Hall–Kier alpha value is -1.36. The molecule has 0 bridgehead atoms. The summed E-state index contributed by atoms with van der Waals surface area (Å²) in [4.78, 5) is 17.5. The maximum absolute atomic E-state index is 11.2. The first kappa shape index (κ1) is 13.7. The van der Waals surface area contributed by atoms with Crippen LogP contribution in [-0.2, 0) is 16.1 Å². The summed E-state index contributed by atoms with van der Waals surface area (Å²) in [5.74, 6) is 1.24. The van der Waals surface area contributed by atoms with Crippen LogP contribution in [0.3, 0.4) is 0 Å². The summed E-state index contributed by atoms with van der Waals surface area (Å²) in [6, 6.07) is 0. The Balaban J connectivity index is 2.62. The number of hydrogen-bond acceptors (Lipinski definition) is 5. The third-order valence-corrected chi connectivity index (χ3v) is 2.55. The molecule has 0 saturated heterocycles. The molecule has 0 aromatic carbocycles. The number of ether oxygens (including phenoxy) is 1. The zero-order chi connectivity index (χ0) is 12.8. The van der Waals surface area contributed by atoms with Gasteiger partial charge in [-0.15, -0.1) is 0 Å². The number of aryl methyl sites for hydroxylation is 2. The van der Waals surface area contributed by atoms with E-state index in [-0.39, 0.29) is 12.5 Å². The Kier molecular flexibility index (Phi) is 5.15. The molecule has 0 aliphatic heterocycles. The molecule has 0 radical (unpaired) electrons. The van der Waals surface area contributed by atoms with Gasteiger partial charge in [0.1, 0.15) is 5.76 Å². The van der Waals surface area contributed by atoms with E-state index in [1.54, 1.807) is 0 Å². The van der Waals surface area contributed by atoms with E-state index >= 15 is 0 Å². The molecular formula is C12H20N2O3. The maximum Gasteiger partial charge on any atom is 0.319 e. The van der Waals surface area contributed by atoms with Crippen LogP contribution in [0.1, 0.15) is 30.7 Å². The lowest BCUT2D eigenvalue weighted by Crippen LogP contribution is -2.31. The van der Waals surface area contributed by atoms with Crippen molar-refractivity contribution < 1.29 is 13.9 Å².